The molecule has 6 heteroatoms. The molecule has 1 amide bonds. The van der Waals surface area contributed by atoms with E-state index in [1.165, 1.54) is 11.8 Å². The fraction of sp³-hybridized carbons (Fsp3) is 0.160. The van der Waals surface area contributed by atoms with Crippen molar-refractivity contribution >= 4 is 28.6 Å². The summed E-state index contributed by atoms with van der Waals surface area (Å²) >= 11 is 1.29. The number of likely N-dealkylation sites (N-methyl/N-ethyl adjacent to an activating group) is 1. The van der Waals surface area contributed by atoms with Crippen molar-refractivity contribution in [2.24, 2.45) is 0 Å². The Bertz CT molecular complexity index is 1280. The monoisotopic (exact) mass is 429 g/mol. The SMILES string of the molecule is Cc1ccc(-n2c(S[C@H](C(=O)N(C)C)c3ccccc3)nc3ccccc3c2=O)cc1. The van der Waals surface area contributed by atoms with Crippen LogP contribution in [0.2, 0.25) is 0 Å². The molecule has 0 aliphatic heterocycles. The van der Waals surface area contributed by atoms with E-state index in [-0.39, 0.29) is 11.5 Å². The van der Waals surface area contributed by atoms with E-state index >= 15 is 0 Å². The van der Waals surface area contributed by atoms with Gasteiger partial charge in [0.15, 0.2) is 5.16 Å². The molecule has 0 bridgehead atoms. The van der Waals surface area contributed by atoms with E-state index in [0.29, 0.717) is 16.1 Å². The fourth-order valence-electron chi connectivity index (χ4n) is 3.34. The lowest BCUT2D eigenvalue weighted by Crippen LogP contribution is -2.28. The predicted molar refractivity (Wildman–Crippen MR) is 126 cm³/mol. The van der Waals surface area contributed by atoms with E-state index in [9.17, 15) is 9.59 Å². The van der Waals surface area contributed by atoms with Crippen molar-refractivity contribution in [3.63, 3.8) is 0 Å². The molecule has 0 N–H and O–H groups in total. The van der Waals surface area contributed by atoms with Crippen LogP contribution in [0.1, 0.15) is 16.4 Å². The topological polar surface area (TPSA) is 55.2 Å². The molecule has 0 unspecified atom stereocenters. The normalized spacial score (nSPS) is 12.0. The summed E-state index contributed by atoms with van der Waals surface area (Å²) < 4.78 is 1.60. The molecule has 4 rings (SSSR count). The number of aryl methyl sites for hydroxylation is 1. The summed E-state index contributed by atoms with van der Waals surface area (Å²) in [5.41, 5.74) is 3.15. The molecule has 1 atom stereocenters. The number of hydrogen-bond acceptors (Lipinski definition) is 4. The maximum absolute atomic E-state index is 13.5. The molecule has 0 saturated heterocycles. The zero-order valence-corrected chi connectivity index (χ0v) is 18.5. The van der Waals surface area contributed by atoms with Gasteiger partial charge in [-0.15, -0.1) is 0 Å². The Hall–Kier alpha value is -3.38. The second kappa shape index (κ2) is 8.78. The number of rotatable bonds is 5. The number of nitrogens with zero attached hydrogens (tertiary/aromatic N) is 3. The molecule has 31 heavy (non-hydrogen) atoms. The Balaban J connectivity index is 1.92. The van der Waals surface area contributed by atoms with E-state index < -0.39 is 5.25 Å². The van der Waals surface area contributed by atoms with Crippen molar-refractivity contribution in [1.82, 2.24) is 14.5 Å². The third-order valence-corrected chi connectivity index (χ3v) is 6.22. The minimum absolute atomic E-state index is 0.0611. The van der Waals surface area contributed by atoms with Crippen molar-refractivity contribution in [3.8, 4) is 5.69 Å². The summed E-state index contributed by atoms with van der Waals surface area (Å²) in [6, 6.07) is 24.6. The number of fused-ring (bicyclic) bond motifs is 1. The standard InChI is InChI=1S/C25H23N3O2S/c1-17-13-15-19(16-14-17)28-23(29)20-11-7-8-12-21(20)26-25(28)31-22(24(30)27(2)3)18-9-5-4-6-10-18/h4-16,22H,1-3H3/t22-/m0/s1. The maximum Gasteiger partial charge on any atom is 0.266 e. The molecule has 3 aromatic carbocycles. The van der Waals surface area contributed by atoms with Crippen LogP contribution in [0.3, 0.4) is 0 Å². The molecule has 4 aromatic rings. The second-order valence-electron chi connectivity index (χ2n) is 7.53. The molecule has 0 aliphatic rings. The van der Waals surface area contributed by atoms with Crippen LogP contribution >= 0.6 is 11.8 Å². The van der Waals surface area contributed by atoms with Gasteiger partial charge >= 0.3 is 0 Å². The van der Waals surface area contributed by atoms with Crippen molar-refractivity contribution in [1.29, 1.82) is 0 Å². The van der Waals surface area contributed by atoms with E-state index in [1.807, 2.05) is 79.7 Å². The summed E-state index contributed by atoms with van der Waals surface area (Å²) in [7, 11) is 3.47. The van der Waals surface area contributed by atoms with Crippen LogP contribution in [0.4, 0.5) is 0 Å². The van der Waals surface area contributed by atoms with Gasteiger partial charge in [0.25, 0.3) is 5.56 Å². The number of amides is 1. The first-order valence-corrected chi connectivity index (χ1v) is 10.9. The highest BCUT2D eigenvalue weighted by Crippen LogP contribution is 2.36. The van der Waals surface area contributed by atoms with Gasteiger partial charge in [-0.05, 0) is 36.8 Å². The first kappa shape index (κ1) is 20.9. The molecule has 0 aliphatic carbocycles. The molecule has 1 aromatic heterocycles. The maximum atomic E-state index is 13.5. The zero-order chi connectivity index (χ0) is 22.0. The summed E-state index contributed by atoms with van der Waals surface area (Å²) in [5.74, 6) is -0.0611. The third-order valence-electron chi connectivity index (χ3n) is 5.03. The molecule has 5 nitrogen and oxygen atoms in total. The molecule has 0 fully saturated rings. The van der Waals surface area contributed by atoms with E-state index in [4.69, 9.17) is 4.98 Å². The summed E-state index contributed by atoms with van der Waals surface area (Å²) in [4.78, 5) is 32.9. The number of hydrogen-bond donors (Lipinski definition) is 0. The lowest BCUT2D eigenvalue weighted by atomic mass is 10.1. The largest absolute Gasteiger partial charge is 0.348 e. The van der Waals surface area contributed by atoms with Gasteiger partial charge in [0, 0.05) is 14.1 Å². The van der Waals surface area contributed by atoms with Crippen LogP contribution < -0.4 is 5.56 Å². The Morgan fingerprint density at radius 2 is 1.58 bits per heavy atom. The van der Waals surface area contributed by atoms with Crippen LogP contribution in [-0.2, 0) is 4.79 Å². The van der Waals surface area contributed by atoms with Crippen LogP contribution in [0, 0.1) is 6.92 Å². The van der Waals surface area contributed by atoms with Crippen molar-refractivity contribution < 1.29 is 4.79 Å². The molecular weight excluding hydrogens is 406 g/mol. The number of aromatic nitrogens is 2. The fourth-order valence-corrected chi connectivity index (χ4v) is 4.60. The Kier molecular flexibility index (Phi) is 5.91. The minimum Gasteiger partial charge on any atom is -0.348 e. The van der Waals surface area contributed by atoms with Gasteiger partial charge in [0.05, 0.1) is 16.6 Å². The third kappa shape index (κ3) is 4.25. The van der Waals surface area contributed by atoms with Gasteiger partial charge in [0.2, 0.25) is 5.91 Å². The molecule has 156 valence electrons. The average Bonchev–Trinajstić information content (AvgIpc) is 2.78. The molecular formula is C25H23N3O2S. The smallest absolute Gasteiger partial charge is 0.266 e. The van der Waals surface area contributed by atoms with Gasteiger partial charge in [-0.1, -0.05) is 71.9 Å². The Labute approximate surface area is 185 Å². The molecule has 0 saturated carbocycles. The van der Waals surface area contributed by atoms with Crippen LogP contribution in [-0.4, -0.2) is 34.5 Å². The minimum atomic E-state index is -0.527. The Morgan fingerprint density at radius 1 is 0.935 bits per heavy atom. The lowest BCUT2D eigenvalue weighted by Gasteiger charge is -2.22. The highest BCUT2D eigenvalue weighted by molar-refractivity contribution is 8.00. The van der Waals surface area contributed by atoms with Crippen LogP contribution in [0.15, 0.2) is 88.8 Å². The second-order valence-corrected chi connectivity index (χ2v) is 8.60. The van der Waals surface area contributed by atoms with Crippen molar-refractivity contribution in [2.75, 3.05) is 14.1 Å². The lowest BCUT2D eigenvalue weighted by molar-refractivity contribution is -0.128. The Morgan fingerprint density at radius 3 is 2.26 bits per heavy atom. The number of carbonyl (C=O) groups excluding carboxylic acids is 1. The van der Waals surface area contributed by atoms with Crippen LogP contribution in [0.25, 0.3) is 16.6 Å². The zero-order valence-electron chi connectivity index (χ0n) is 17.6. The molecule has 0 spiro atoms. The number of carbonyl (C=O) groups is 1. The van der Waals surface area contributed by atoms with Crippen molar-refractivity contribution in [2.45, 2.75) is 17.3 Å². The number of benzene rings is 3. The number of para-hydroxylation sites is 1. The van der Waals surface area contributed by atoms with Gasteiger partial charge in [-0.3, -0.25) is 14.2 Å². The summed E-state index contributed by atoms with van der Waals surface area (Å²) in [6.45, 7) is 2.00. The highest BCUT2D eigenvalue weighted by atomic mass is 32.2. The summed E-state index contributed by atoms with van der Waals surface area (Å²) in [6.07, 6.45) is 0. The van der Waals surface area contributed by atoms with Crippen molar-refractivity contribution in [3.05, 3.63) is 100 Å². The molecule has 0 radical (unpaired) electrons. The first-order valence-electron chi connectivity index (χ1n) is 9.97. The summed E-state index contributed by atoms with van der Waals surface area (Å²) in [5, 5.41) is 0.500. The van der Waals surface area contributed by atoms with E-state index in [2.05, 4.69) is 0 Å². The predicted octanol–water partition coefficient (Wildman–Crippen LogP) is 4.62. The van der Waals surface area contributed by atoms with Gasteiger partial charge < -0.3 is 4.90 Å². The van der Waals surface area contributed by atoms with Gasteiger partial charge in [0.1, 0.15) is 5.25 Å². The van der Waals surface area contributed by atoms with Crippen LogP contribution in [0.5, 0.6) is 0 Å². The quantitative estimate of drug-likeness (QED) is 0.343. The molecule has 1 heterocycles. The van der Waals surface area contributed by atoms with Gasteiger partial charge in [-0.25, -0.2) is 4.98 Å². The van der Waals surface area contributed by atoms with Gasteiger partial charge in [-0.2, -0.15) is 0 Å². The van der Waals surface area contributed by atoms with E-state index in [0.717, 1.165) is 16.8 Å². The highest BCUT2D eigenvalue weighted by Gasteiger charge is 2.26. The number of thioether (sulfide) groups is 1. The average molecular weight is 430 g/mol. The van der Waals surface area contributed by atoms with E-state index in [1.54, 1.807) is 29.6 Å². The first-order chi connectivity index (χ1) is 15.0.